The highest BCUT2D eigenvalue weighted by Gasteiger charge is 2.33. The van der Waals surface area contributed by atoms with Gasteiger partial charge in [-0.05, 0) is 34.6 Å². The van der Waals surface area contributed by atoms with Crippen LogP contribution in [0.4, 0.5) is 4.79 Å². The Kier molecular flexibility index (Phi) is 4.03. The van der Waals surface area contributed by atoms with Gasteiger partial charge in [0, 0.05) is 18.8 Å². The summed E-state index contributed by atoms with van der Waals surface area (Å²) in [6, 6.07) is 0. The molecule has 0 bridgehead atoms. The molecule has 0 radical (unpaired) electrons. The Labute approximate surface area is 113 Å². The van der Waals surface area contributed by atoms with Gasteiger partial charge in [0.25, 0.3) is 0 Å². The maximum absolute atomic E-state index is 11.8. The van der Waals surface area contributed by atoms with Crippen LogP contribution in [0.25, 0.3) is 0 Å². The molecule has 0 aliphatic carbocycles. The number of carbonyl (C=O) groups excluding carboxylic acids is 2. The molecule has 0 saturated carbocycles. The first-order valence-electron chi connectivity index (χ1n) is 6.05. The molecule has 0 aliphatic rings. The molecule has 0 aromatic carbocycles. The van der Waals surface area contributed by atoms with Crippen LogP contribution in [0.5, 0.6) is 0 Å². The van der Waals surface area contributed by atoms with Gasteiger partial charge in [-0.3, -0.25) is 4.68 Å². The smallest absolute Gasteiger partial charge is 0.408 e. The second kappa shape index (κ2) is 5.03. The maximum Gasteiger partial charge on any atom is 0.408 e. The van der Waals surface area contributed by atoms with E-state index in [9.17, 15) is 9.59 Å². The summed E-state index contributed by atoms with van der Waals surface area (Å²) in [4.78, 5) is 23.2. The number of amides is 1. The average Bonchev–Trinajstić information content (AvgIpc) is 2.55. The minimum atomic E-state index is -1.15. The van der Waals surface area contributed by atoms with E-state index in [0.717, 1.165) is 0 Å². The lowest BCUT2D eigenvalue weighted by Gasteiger charge is -2.27. The molecular weight excluding hydrogens is 246 g/mol. The number of nitrogens with one attached hydrogen (secondary N) is 1. The van der Waals surface area contributed by atoms with E-state index in [0.29, 0.717) is 17.5 Å². The van der Waals surface area contributed by atoms with Crippen LogP contribution in [0.15, 0.2) is 6.20 Å². The van der Waals surface area contributed by atoms with E-state index < -0.39 is 17.2 Å². The number of hydrogen-bond donors (Lipinski definition) is 1. The van der Waals surface area contributed by atoms with Gasteiger partial charge in [0.05, 0.1) is 5.69 Å². The van der Waals surface area contributed by atoms with E-state index in [-0.39, 0.29) is 0 Å². The van der Waals surface area contributed by atoms with Crippen molar-refractivity contribution < 1.29 is 14.3 Å². The first-order valence-corrected chi connectivity index (χ1v) is 6.05. The van der Waals surface area contributed by atoms with Crippen LogP contribution < -0.4 is 5.32 Å². The lowest BCUT2D eigenvalue weighted by molar-refractivity contribution is -0.113. The molecule has 1 atom stereocenters. The quantitative estimate of drug-likeness (QED) is 0.845. The Hall–Kier alpha value is -1.85. The Morgan fingerprint density at radius 2 is 2.00 bits per heavy atom. The fourth-order valence-corrected chi connectivity index (χ4v) is 1.79. The summed E-state index contributed by atoms with van der Waals surface area (Å²) in [5.74, 6) is 0. The maximum atomic E-state index is 11.8. The summed E-state index contributed by atoms with van der Waals surface area (Å²) in [5.41, 5.74) is -0.428. The van der Waals surface area contributed by atoms with E-state index in [2.05, 4.69) is 10.4 Å². The first kappa shape index (κ1) is 15.2. The minimum absolute atomic E-state index is 0.613. The zero-order chi connectivity index (χ0) is 14.8. The summed E-state index contributed by atoms with van der Waals surface area (Å²) in [7, 11) is 1.76. The molecule has 6 nitrogen and oxygen atoms in total. The van der Waals surface area contributed by atoms with Gasteiger partial charge in [0.1, 0.15) is 17.4 Å². The van der Waals surface area contributed by atoms with Crippen molar-refractivity contribution in [3.05, 3.63) is 17.5 Å². The van der Waals surface area contributed by atoms with Crippen molar-refractivity contribution in [3.63, 3.8) is 0 Å². The number of hydrogen-bond acceptors (Lipinski definition) is 4. The van der Waals surface area contributed by atoms with Crippen molar-refractivity contribution in [2.24, 2.45) is 7.05 Å². The zero-order valence-corrected chi connectivity index (χ0v) is 12.3. The highest BCUT2D eigenvalue weighted by molar-refractivity contribution is 5.78. The van der Waals surface area contributed by atoms with Crippen molar-refractivity contribution >= 4 is 12.4 Å². The number of alkyl carbamates (subject to hydrolysis) is 1. The second-order valence-electron chi connectivity index (χ2n) is 5.75. The summed E-state index contributed by atoms with van der Waals surface area (Å²) >= 11 is 0. The molecule has 1 amide bonds. The van der Waals surface area contributed by atoms with Crippen molar-refractivity contribution in [2.75, 3.05) is 0 Å². The largest absolute Gasteiger partial charge is 0.444 e. The van der Waals surface area contributed by atoms with Crippen LogP contribution in [-0.2, 0) is 22.1 Å². The third-order valence-electron chi connectivity index (χ3n) is 2.57. The van der Waals surface area contributed by atoms with Gasteiger partial charge in [-0.15, -0.1) is 0 Å². The number of aldehydes is 1. The van der Waals surface area contributed by atoms with Crippen LogP contribution >= 0.6 is 0 Å². The predicted molar refractivity (Wildman–Crippen MR) is 70.7 cm³/mol. The van der Waals surface area contributed by atoms with E-state index in [4.69, 9.17) is 4.74 Å². The molecule has 0 aliphatic heterocycles. The lowest BCUT2D eigenvalue weighted by Crippen LogP contribution is -2.47. The van der Waals surface area contributed by atoms with E-state index in [1.54, 1.807) is 52.5 Å². The Morgan fingerprint density at radius 1 is 1.42 bits per heavy atom. The van der Waals surface area contributed by atoms with E-state index >= 15 is 0 Å². The Morgan fingerprint density at radius 3 is 2.37 bits per heavy atom. The normalized spacial score (nSPS) is 14.6. The summed E-state index contributed by atoms with van der Waals surface area (Å²) < 4.78 is 6.77. The van der Waals surface area contributed by atoms with Gasteiger partial charge in [-0.1, -0.05) is 0 Å². The molecule has 6 heteroatoms. The third kappa shape index (κ3) is 3.81. The van der Waals surface area contributed by atoms with Gasteiger partial charge < -0.3 is 14.8 Å². The zero-order valence-electron chi connectivity index (χ0n) is 12.3. The van der Waals surface area contributed by atoms with Gasteiger partial charge in [0.2, 0.25) is 0 Å². The first-order chi connectivity index (χ1) is 8.57. The molecule has 0 spiro atoms. The number of carbonyl (C=O) groups is 2. The average molecular weight is 267 g/mol. The third-order valence-corrected chi connectivity index (χ3v) is 2.57. The lowest BCUT2D eigenvalue weighted by atomic mass is 9.94. The minimum Gasteiger partial charge on any atom is -0.444 e. The van der Waals surface area contributed by atoms with Crippen LogP contribution in [0, 0.1) is 6.92 Å². The van der Waals surface area contributed by atoms with Crippen molar-refractivity contribution in [2.45, 2.75) is 45.8 Å². The number of aryl methyl sites for hydroxylation is 2. The molecule has 106 valence electrons. The van der Waals surface area contributed by atoms with Crippen LogP contribution in [-0.4, -0.2) is 27.8 Å². The highest BCUT2D eigenvalue weighted by Crippen LogP contribution is 2.22. The van der Waals surface area contributed by atoms with Gasteiger partial charge in [-0.2, -0.15) is 5.10 Å². The SMILES string of the molecule is Cc1nn(C)cc1C(C)(C=O)NC(=O)OC(C)(C)C. The number of ether oxygens (including phenoxy) is 1. The number of rotatable bonds is 3. The molecule has 1 heterocycles. The molecular formula is C13H21N3O3. The molecule has 1 N–H and O–H groups in total. The van der Waals surface area contributed by atoms with Gasteiger partial charge in [0.15, 0.2) is 0 Å². The number of nitrogens with zero attached hydrogens (tertiary/aromatic N) is 2. The molecule has 19 heavy (non-hydrogen) atoms. The topological polar surface area (TPSA) is 73.2 Å². The standard InChI is InChI=1S/C13H21N3O3/c1-9-10(7-16(6)15-9)13(5,8-17)14-11(18)19-12(2,3)4/h7-8H,1-6H3,(H,14,18). The number of aromatic nitrogens is 2. The summed E-state index contributed by atoms with van der Waals surface area (Å²) in [5, 5.41) is 6.76. The van der Waals surface area contributed by atoms with Crippen LogP contribution in [0.1, 0.15) is 39.0 Å². The second-order valence-corrected chi connectivity index (χ2v) is 5.75. The fourth-order valence-electron chi connectivity index (χ4n) is 1.79. The van der Waals surface area contributed by atoms with Crippen molar-refractivity contribution in [1.82, 2.24) is 15.1 Å². The molecule has 0 saturated heterocycles. The monoisotopic (exact) mass is 267 g/mol. The van der Waals surface area contributed by atoms with Crippen molar-refractivity contribution in [3.8, 4) is 0 Å². The molecule has 1 aromatic rings. The molecule has 0 fully saturated rings. The Bertz CT molecular complexity index is 488. The van der Waals surface area contributed by atoms with E-state index in [1.165, 1.54) is 0 Å². The van der Waals surface area contributed by atoms with Gasteiger partial charge >= 0.3 is 6.09 Å². The van der Waals surface area contributed by atoms with E-state index in [1.807, 2.05) is 0 Å². The fraction of sp³-hybridized carbons (Fsp3) is 0.615. The summed E-state index contributed by atoms with van der Waals surface area (Å²) in [6.45, 7) is 8.70. The molecule has 1 unspecified atom stereocenters. The van der Waals surface area contributed by atoms with Crippen molar-refractivity contribution in [1.29, 1.82) is 0 Å². The molecule has 1 aromatic heterocycles. The van der Waals surface area contributed by atoms with Crippen LogP contribution in [0.3, 0.4) is 0 Å². The van der Waals surface area contributed by atoms with Gasteiger partial charge in [-0.25, -0.2) is 4.79 Å². The predicted octanol–water partition coefficient (Wildman–Crippen LogP) is 1.67. The Balaban J connectivity index is 2.96. The van der Waals surface area contributed by atoms with Crippen LogP contribution in [0.2, 0.25) is 0 Å². The molecule has 1 rings (SSSR count). The highest BCUT2D eigenvalue weighted by atomic mass is 16.6. The summed E-state index contributed by atoms with van der Waals surface area (Å²) in [6.07, 6.45) is 1.76.